The van der Waals surface area contributed by atoms with Crippen LogP contribution in [0.25, 0.3) is 0 Å². The Kier molecular flexibility index (Phi) is 6.42. The summed E-state index contributed by atoms with van der Waals surface area (Å²) in [7, 11) is -0.0615. The van der Waals surface area contributed by atoms with E-state index in [2.05, 4.69) is 21.6 Å². The van der Waals surface area contributed by atoms with E-state index in [9.17, 15) is 8.42 Å². The van der Waals surface area contributed by atoms with Crippen molar-refractivity contribution in [3.05, 3.63) is 35.7 Å². The quantitative estimate of drug-likeness (QED) is 0.711. The van der Waals surface area contributed by atoms with Crippen molar-refractivity contribution >= 4 is 21.7 Å². The lowest BCUT2D eigenvalue weighted by atomic mass is 10.3. The third-order valence-electron chi connectivity index (χ3n) is 3.80. The summed E-state index contributed by atoms with van der Waals surface area (Å²) in [6.45, 7) is 6.21. The smallest absolute Gasteiger partial charge is 0.262 e. The van der Waals surface area contributed by atoms with Crippen LogP contribution < -0.4 is 14.4 Å². The van der Waals surface area contributed by atoms with Gasteiger partial charge in [0.05, 0.1) is 28.6 Å². The number of ether oxygens (including phenoxy) is 1. The Labute approximate surface area is 155 Å². The number of nitrogens with zero attached hydrogens (tertiary/aromatic N) is 3. The van der Waals surface area contributed by atoms with E-state index < -0.39 is 10.0 Å². The molecule has 1 aromatic heterocycles. The molecule has 0 fully saturated rings. The molecule has 0 unspecified atom stereocenters. The predicted molar refractivity (Wildman–Crippen MR) is 103 cm³/mol. The van der Waals surface area contributed by atoms with E-state index >= 15 is 0 Å². The Morgan fingerprint density at radius 1 is 1.08 bits per heavy atom. The van der Waals surface area contributed by atoms with Crippen LogP contribution in [0.2, 0.25) is 0 Å². The first-order chi connectivity index (χ1) is 12.2. The van der Waals surface area contributed by atoms with E-state index in [4.69, 9.17) is 4.74 Å². The van der Waals surface area contributed by atoms with E-state index in [0.717, 1.165) is 12.8 Å². The second-order valence-electron chi connectivity index (χ2n) is 6.24. The summed E-state index contributed by atoms with van der Waals surface area (Å²) in [5.41, 5.74) is 1.55. The average molecular weight is 378 g/mol. The minimum atomic E-state index is -3.73. The van der Waals surface area contributed by atoms with Crippen LogP contribution in [0, 0.1) is 13.8 Å². The number of anilines is 2. The first-order valence-corrected chi connectivity index (χ1v) is 10.0. The van der Waals surface area contributed by atoms with Crippen LogP contribution >= 0.6 is 0 Å². The van der Waals surface area contributed by atoms with Crippen LogP contribution in [0.5, 0.6) is 5.75 Å². The summed E-state index contributed by atoms with van der Waals surface area (Å²) in [5.74, 6) is 1.19. The predicted octanol–water partition coefficient (Wildman–Crippen LogP) is 3.14. The maximum Gasteiger partial charge on any atom is 0.262 e. The fraction of sp³-hybridized carbons (Fsp3) is 0.444. The number of benzene rings is 1. The number of hydrogen-bond acceptors (Lipinski definition) is 6. The standard InChI is InChI=1S/C18H26N4O3S/c1-6-7-12-25-15-8-10-16(11-9-15)26(23,24)21-17-13(2)19-18(22(4)5)20-14(17)3/h8-11,21H,6-7,12H2,1-5H3. The molecule has 7 nitrogen and oxygen atoms in total. The van der Waals surface area contributed by atoms with Gasteiger partial charge in [-0.1, -0.05) is 13.3 Å². The Morgan fingerprint density at radius 3 is 2.15 bits per heavy atom. The molecule has 142 valence electrons. The molecule has 8 heteroatoms. The molecule has 0 saturated heterocycles. The van der Waals surface area contributed by atoms with Gasteiger partial charge in [0.25, 0.3) is 10.0 Å². The number of unbranched alkanes of at least 4 members (excludes halogenated alkanes) is 1. The van der Waals surface area contributed by atoms with E-state index in [-0.39, 0.29) is 4.90 Å². The second-order valence-corrected chi connectivity index (χ2v) is 7.93. The average Bonchev–Trinajstić information content (AvgIpc) is 2.58. The molecule has 0 radical (unpaired) electrons. The molecular formula is C18H26N4O3S. The number of sulfonamides is 1. The Hall–Kier alpha value is -2.35. The molecule has 1 heterocycles. The van der Waals surface area contributed by atoms with Crippen LogP contribution in [-0.4, -0.2) is 39.1 Å². The summed E-state index contributed by atoms with van der Waals surface area (Å²) in [6, 6.07) is 6.39. The number of rotatable bonds is 8. The highest BCUT2D eigenvalue weighted by Gasteiger charge is 2.19. The van der Waals surface area contributed by atoms with Crippen molar-refractivity contribution in [3.63, 3.8) is 0 Å². The van der Waals surface area contributed by atoms with Gasteiger partial charge in [0.1, 0.15) is 5.75 Å². The van der Waals surface area contributed by atoms with Crippen molar-refractivity contribution in [2.45, 2.75) is 38.5 Å². The summed E-state index contributed by atoms with van der Waals surface area (Å²) < 4.78 is 33.5. The number of aryl methyl sites for hydroxylation is 2. The van der Waals surface area contributed by atoms with Crippen molar-refractivity contribution in [2.24, 2.45) is 0 Å². The maximum absolute atomic E-state index is 12.7. The third kappa shape index (κ3) is 4.85. The zero-order chi connectivity index (χ0) is 19.3. The van der Waals surface area contributed by atoms with E-state index in [1.165, 1.54) is 12.1 Å². The van der Waals surface area contributed by atoms with E-state index in [1.54, 1.807) is 30.9 Å². The lowest BCUT2D eigenvalue weighted by Crippen LogP contribution is -2.18. The molecule has 0 bridgehead atoms. The van der Waals surface area contributed by atoms with Gasteiger partial charge < -0.3 is 9.64 Å². The molecule has 1 aromatic carbocycles. The number of aromatic nitrogens is 2. The second kappa shape index (κ2) is 8.35. The molecule has 1 N–H and O–H groups in total. The topological polar surface area (TPSA) is 84.4 Å². The number of nitrogens with one attached hydrogen (secondary N) is 1. The summed E-state index contributed by atoms with van der Waals surface area (Å²) in [4.78, 5) is 10.6. The Morgan fingerprint density at radius 2 is 1.65 bits per heavy atom. The van der Waals surface area contributed by atoms with Crippen LogP contribution in [0.4, 0.5) is 11.6 Å². The van der Waals surface area contributed by atoms with Gasteiger partial charge in [-0.25, -0.2) is 18.4 Å². The molecule has 2 rings (SSSR count). The largest absolute Gasteiger partial charge is 0.494 e. The molecule has 0 saturated carbocycles. The first-order valence-electron chi connectivity index (χ1n) is 8.53. The minimum Gasteiger partial charge on any atom is -0.494 e. The molecular weight excluding hydrogens is 352 g/mol. The Balaban J connectivity index is 2.21. The lowest BCUT2D eigenvalue weighted by Gasteiger charge is -2.16. The molecule has 0 aliphatic rings. The first kappa shape index (κ1) is 20.0. The fourth-order valence-electron chi connectivity index (χ4n) is 2.29. The zero-order valence-corrected chi connectivity index (χ0v) is 16.7. The highest BCUT2D eigenvalue weighted by Crippen LogP contribution is 2.24. The SMILES string of the molecule is CCCCOc1ccc(S(=O)(=O)Nc2c(C)nc(N(C)C)nc2C)cc1. The van der Waals surface area contributed by atoms with Crippen LogP contribution in [-0.2, 0) is 10.0 Å². The summed E-state index contributed by atoms with van der Waals surface area (Å²) >= 11 is 0. The van der Waals surface area contributed by atoms with Crippen molar-refractivity contribution in [3.8, 4) is 5.75 Å². The highest BCUT2D eigenvalue weighted by molar-refractivity contribution is 7.92. The Bertz CT molecular complexity index is 826. The highest BCUT2D eigenvalue weighted by atomic mass is 32.2. The van der Waals surface area contributed by atoms with Crippen molar-refractivity contribution in [2.75, 3.05) is 30.3 Å². The maximum atomic E-state index is 12.7. The van der Waals surface area contributed by atoms with Crippen LogP contribution in [0.3, 0.4) is 0 Å². The van der Waals surface area contributed by atoms with Crippen molar-refractivity contribution < 1.29 is 13.2 Å². The molecule has 0 amide bonds. The van der Waals surface area contributed by atoms with Crippen molar-refractivity contribution in [1.82, 2.24) is 9.97 Å². The summed E-state index contributed by atoms with van der Waals surface area (Å²) in [5, 5.41) is 0. The minimum absolute atomic E-state index is 0.163. The van der Waals surface area contributed by atoms with Gasteiger partial charge in [0, 0.05) is 14.1 Å². The van der Waals surface area contributed by atoms with Gasteiger partial charge in [-0.3, -0.25) is 4.72 Å². The van der Waals surface area contributed by atoms with Gasteiger partial charge in [0.2, 0.25) is 5.95 Å². The molecule has 0 aliphatic heterocycles. The zero-order valence-electron chi connectivity index (χ0n) is 15.9. The fourth-order valence-corrected chi connectivity index (χ4v) is 3.47. The molecule has 2 aromatic rings. The van der Waals surface area contributed by atoms with Gasteiger partial charge in [-0.05, 0) is 44.5 Å². The van der Waals surface area contributed by atoms with Gasteiger partial charge >= 0.3 is 0 Å². The molecule has 0 atom stereocenters. The van der Waals surface area contributed by atoms with Gasteiger partial charge in [-0.2, -0.15) is 0 Å². The lowest BCUT2D eigenvalue weighted by molar-refractivity contribution is 0.309. The van der Waals surface area contributed by atoms with Gasteiger partial charge in [0.15, 0.2) is 0 Å². The van der Waals surface area contributed by atoms with E-state index in [1.807, 2.05) is 14.1 Å². The third-order valence-corrected chi connectivity index (χ3v) is 5.16. The monoisotopic (exact) mass is 378 g/mol. The molecule has 0 aliphatic carbocycles. The molecule has 26 heavy (non-hydrogen) atoms. The van der Waals surface area contributed by atoms with Crippen molar-refractivity contribution in [1.29, 1.82) is 0 Å². The van der Waals surface area contributed by atoms with Gasteiger partial charge in [-0.15, -0.1) is 0 Å². The number of hydrogen-bond donors (Lipinski definition) is 1. The van der Waals surface area contributed by atoms with Crippen LogP contribution in [0.15, 0.2) is 29.2 Å². The van der Waals surface area contributed by atoms with E-state index in [0.29, 0.717) is 35.4 Å². The van der Waals surface area contributed by atoms with Crippen LogP contribution in [0.1, 0.15) is 31.2 Å². The summed E-state index contributed by atoms with van der Waals surface area (Å²) in [6.07, 6.45) is 2.01. The normalized spacial score (nSPS) is 11.3. The molecule has 0 spiro atoms.